The van der Waals surface area contributed by atoms with Gasteiger partial charge >= 0.3 is 0 Å². The van der Waals surface area contributed by atoms with Gasteiger partial charge in [-0.2, -0.15) is 5.11 Å². The first kappa shape index (κ1) is 9.49. The van der Waals surface area contributed by atoms with Crippen molar-refractivity contribution in [3.8, 4) is 0 Å². The van der Waals surface area contributed by atoms with Gasteiger partial charge in [-0.1, -0.05) is 32.9 Å². The van der Waals surface area contributed by atoms with Gasteiger partial charge in [0, 0.05) is 0 Å². The molecule has 0 radical (unpaired) electrons. The minimum Gasteiger partial charge on any atom is -0.283 e. The van der Waals surface area contributed by atoms with E-state index >= 15 is 0 Å². The molecule has 2 atom stereocenters. The zero-order chi connectivity index (χ0) is 9.35. The zero-order valence-corrected chi connectivity index (χ0v) is 8.63. The second-order valence-corrected chi connectivity index (χ2v) is 4.45. The SMILES string of the molecule is CC(C)C1N=NN[C@@]1(C)C(C)C. The fraction of sp³-hybridized carbons (Fsp3) is 1.00. The molecule has 0 amide bonds. The van der Waals surface area contributed by atoms with Crippen LogP contribution in [0.5, 0.6) is 0 Å². The first-order valence-corrected chi connectivity index (χ1v) is 4.65. The Morgan fingerprint density at radius 2 is 1.83 bits per heavy atom. The summed E-state index contributed by atoms with van der Waals surface area (Å²) in [5.41, 5.74) is 3.17. The molecule has 1 rings (SSSR count). The number of nitrogens with zero attached hydrogens (tertiary/aromatic N) is 2. The molecule has 0 aromatic carbocycles. The molecule has 3 nitrogen and oxygen atoms in total. The maximum atomic E-state index is 4.22. The smallest absolute Gasteiger partial charge is 0.0997 e. The van der Waals surface area contributed by atoms with Crippen molar-refractivity contribution in [2.24, 2.45) is 22.2 Å². The van der Waals surface area contributed by atoms with E-state index < -0.39 is 0 Å². The van der Waals surface area contributed by atoms with Crippen LogP contribution in [0.1, 0.15) is 34.6 Å². The predicted octanol–water partition coefficient (Wildman–Crippen LogP) is 2.40. The van der Waals surface area contributed by atoms with E-state index in [0.717, 1.165) is 0 Å². The molecule has 1 aliphatic heterocycles. The molecule has 1 heterocycles. The fourth-order valence-corrected chi connectivity index (χ4v) is 1.68. The van der Waals surface area contributed by atoms with Crippen LogP contribution in [0.25, 0.3) is 0 Å². The van der Waals surface area contributed by atoms with Gasteiger partial charge in [-0.25, -0.2) is 0 Å². The fourth-order valence-electron chi connectivity index (χ4n) is 1.68. The van der Waals surface area contributed by atoms with E-state index in [-0.39, 0.29) is 5.54 Å². The second kappa shape index (κ2) is 3.04. The van der Waals surface area contributed by atoms with Gasteiger partial charge in [-0.05, 0) is 18.8 Å². The molecule has 0 fully saturated rings. The Kier molecular flexibility index (Phi) is 2.40. The summed E-state index contributed by atoms with van der Waals surface area (Å²) >= 11 is 0. The van der Waals surface area contributed by atoms with Crippen LogP contribution in [0.3, 0.4) is 0 Å². The first-order chi connectivity index (χ1) is 5.48. The van der Waals surface area contributed by atoms with E-state index in [9.17, 15) is 0 Å². The second-order valence-electron chi connectivity index (χ2n) is 4.45. The molecule has 0 saturated carbocycles. The summed E-state index contributed by atoms with van der Waals surface area (Å²) in [6.45, 7) is 11.0. The largest absolute Gasteiger partial charge is 0.283 e. The summed E-state index contributed by atoms with van der Waals surface area (Å²) in [6.07, 6.45) is 0. The van der Waals surface area contributed by atoms with Crippen LogP contribution in [-0.4, -0.2) is 11.6 Å². The quantitative estimate of drug-likeness (QED) is 0.677. The molecule has 1 aliphatic rings. The van der Waals surface area contributed by atoms with Crippen molar-refractivity contribution in [3.05, 3.63) is 0 Å². The van der Waals surface area contributed by atoms with Gasteiger partial charge in [0.1, 0.15) is 0 Å². The van der Waals surface area contributed by atoms with Crippen LogP contribution in [0.2, 0.25) is 0 Å². The lowest BCUT2D eigenvalue weighted by Crippen LogP contribution is -2.51. The van der Waals surface area contributed by atoms with Crippen molar-refractivity contribution in [2.45, 2.75) is 46.2 Å². The Balaban J connectivity index is 2.79. The number of hydrogen-bond donors (Lipinski definition) is 1. The Labute approximate surface area is 74.6 Å². The van der Waals surface area contributed by atoms with Crippen LogP contribution < -0.4 is 5.43 Å². The van der Waals surface area contributed by atoms with E-state index in [1.807, 2.05) is 0 Å². The highest BCUT2D eigenvalue weighted by Crippen LogP contribution is 2.31. The minimum absolute atomic E-state index is 0.0498. The molecule has 0 aromatic rings. The van der Waals surface area contributed by atoms with E-state index in [2.05, 4.69) is 50.4 Å². The molecular weight excluding hydrogens is 150 g/mol. The summed E-state index contributed by atoms with van der Waals surface area (Å²) in [7, 11) is 0. The van der Waals surface area contributed by atoms with Crippen molar-refractivity contribution >= 4 is 0 Å². The number of nitrogens with one attached hydrogen (secondary N) is 1. The highest BCUT2D eigenvalue weighted by molar-refractivity contribution is 5.00. The zero-order valence-electron chi connectivity index (χ0n) is 8.63. The monoisotopic (exact) mass is 169 g/mol. The standard InChI is InChI=1S/C9H19N3/c1-6(2)8-9(5,7(3)4)11-12-10-8/h6-8H,1-5H3,(H,10,11)/t8?,9-/m0/s1. The van der Waals surface area contributed by atoms with Crippen LogP contribution >= 0.6 is 0 Å². The molecule has 0 spiro atoms. The van der Waals surface area contributed by atoms with Crippen molar-refractivity contribution < 1.29 is 0 Å². The molecule has 12 heavy (non-hydrogen) atoms. The topological polar surface area (TPSA) is 36.8 Å². The average Bonchev–Trinajstić information content (AvgIpc) is 2.32. The van der Waals surface area contributed by atoms with E-state index in [4.69, 9.17) is 0 Å². The molecule has 0 aliphatic carbocycles. The van der Waals surface area contributed by atoms with Gasteiger partial charge in [0.15, 0.2) is 0 Å². The Hall–Kier alpha value is -0.600. The minimum atomic E-state index is 0.0498. The molecule has 70 valence electrons. The van der Waals surface area contributed by atoms with Crippen LogP contribution in [0, 0.1) is 11.8 Å². The Morgan fingerprint density at radius 1 is 1.25 bits per heavy atom. The predicted molar refractivity (Wildman–Crippen MR) is 49.9 cm³/mol. The highest BCUT2D eigenvalue weighted by Gasteiger charge is 2.42. The summed E-state index contributed by atoms with van der Waals surface area (Å²) in [5, 5.41) is 8.16. The molecule has 0 aromatic heterocycles. The number of hydrogen-bond acceptors (Lipinski definition) is 3. The summed E-state index contributed by atoms with van der Waals surface area (Å²) in [6, 6.07) is 0.317. The van der Waals surface area contributed by atoms with Gasteiger partial charge in [-0.15, -0.1) is 0 Å². The summed E-state index contributed by atoms with van der Waals surface area (Å²) in [5.74, 6) is 1.11. The van der Waals surface area contributed by atoms with Crippen LogP contribution in [0.4, 0.5) is 0 Å². The van der Waals surface area contributed by atoms with Gasteiger partial charge in [0.25, 0.3) is 0 Å². The lowest BCUT2D eigenvalue weighted by atomic mass is 9.78. The van der Waals surface area contributed by atoms with Gasteiger partial charge in [0.05, 0.1) is 11.6 Å². The third-order valence-electron chi connectivity index (χ3n) is 2.92. The molecular formula is C9H19N3. The van der Waals surface area contributed by atoms with E-state index in [1.165, 1.54) is 0 Å². The maximum Gasteiger partial charge on any atom is 0.0997 e. The first-order valence-electron chi connectivity index (χ1n) is 4.65. The number of rotatable bonds is 2. The Morgan fingerprint density at radius 3 is 2.17 bits per heavy atom. The molecule has 0 bridgehead atoms. The summed E-state index contributed by atoms with van der Waals surface area (Å²) < 4.78 is 0. The van der Waals surface area contributed by atoms with E-state index in [0.29, 0.717) is 17.9 Å². The lowest BCUT2D eigenvalue weighted by Gasteiger charge is -2.34. The molecule has 3 heteroatoms. The molecule has 0 saturated heterocycles. The molecule has 1 unspecified atom stereocenters. The normalized spacial score (nSPS) is 34.8. The summed E-state index contributed by atoms with van der Waals surface area (Å²) in [4.78, 5) is 0. The molecule has 1 N–H and O–H groups in total. The van der Waals surface area contributed by atoms with Crippen LogP contribution in [-0.2, 0) is 0 Å². The third-order valence-corrected chi connectivity index (χ3v) is 2.92. The highest BCUT2D eigenvalue weighted by atomic mass is 15.5. The van der Waals surface area contributed by atoms with Gasteiger partial charge in [-0.3, -0.25) is 5.43 Å². The van der Waals surface area contributed by atoms with Crippen molar-refractivity contribution in [3.63, 3.8) is 0 Å². The van der Waals surface area contributed by atoms with Crippen molar-refractivity contribution in [2.75, 3.05) is 0 Å². The van der Waals surface area contributed by atoms with Crippen molar-refractivity contribution in [1.82, 2.24) is 5.43 Å². The lowest BCUT2D eigenvalue weighted by molar-refractivity contribution is 0.221. The third kappa shape index (κ3) is 1.32. The van der Waals surface area contributed by atoms with Gasteiger partial charge in [0.2, 0.25) is 0 Å². The average molecular weight is 169 g/mol. The van der Waals surface area contributed by atoms with Crippen molar-refractivity contribution in [1.29, 1.82) is 0 Å². The van der Waals surface area contributed by atoms with E-state index in [1.54, 1.807) is 0 Å². The Bertz CT molecular complexity index is 186. The van der Waals surface area contributed by atoms with Crippen LogP contribution in [0.15, 0.2) is 10.3 Å². The maximum absolute atomic E-state index is 4.22. The van der Waals surface area contributed by atoms with Gasteiger partial charge < -0.3 is 0 Å².